The number of hydrogen-bond donors (Lipinski definition) is 0. The minimum atomic E-state index is -3.78. The molecule has 2 aliphatic rings. The summed E-state index contributed by atoms with van der Waals surface area (Å²) in [5.74, 6) is 0.816. The van der Waals surface area contributed by atoms with E-state index in [1.54, 1.807) is 30.3 Å². The normalized spacial score (nSPS) is 18.2. The second-order valence-corrected chi connectivity index (χ2v) is 9.94. The van der Waals surface area contributed by atoms with Crippen LogP contribution in [0.25, 0.3) is 0 Å². The zero-order valence-corrected chi connectivity index (χ0v) is 18.5. The fourth-order valence-electron chi connectivity index (χ4n) is 4.17. The molecule has 0 bridgehead atoms. The molecule has 0 N–H and O–H groups in total. The predicted octanol–water partition coefficient (Wildman–Crippen LogP) is 3.99. The van der Waals surface area contributed by atoms with E-state index in [1.807, 2.05) is 30.9 Å². The van der Waals surface area contributed by atoms with Gasteiger partial charge in [0.25, 0.3) is 10.0 Å². The lowest BCUT2D eigenvalue weighted by atomic mass is 10.1. The molecule has 160 valence electrons. The van der Waals surface area contributed by atoms with Crippen LogP contribution in [-0.2, 0) is 21.2 Å². The molecule has 1 aliphatic heterocycles. The van der Waals surface area contributed by atoms with E-state index in [-0.39, 0.29) is 22.8 Å². The fourth-order valence-corrected chi connectivity index (χ4v) is 5.79. The number of anilines is 2. The summed E-state index contributed by atoms with van der Waals surface area (Å²) in [6.07, 6.45) is 3.24. The third-order valence-corrected chi connectivity index (χ3v) is 7.61. The molecule has 6 nitrogen and oxygen atoms in total. The molecule has 2 aromatic rings. The number of methoxy groups -OCH3 is 1. The van der Waals surface area contributed by atoms with Crippen molar-refractivity contribution in [2.24, 2.45) is 5.92 Å². The highest BCUT2D eigenvalue weighted by Crippen LogP contribution is 2.40. The summed E-state index contributed by atoms with van der Waals surface area (Å²) in [6.45, 7) is 4.32. The van der Waals surface area contributed by atoms with Gasteiger partial charge in [-0.25, -0.2) is 8.42 Å². The maximum absolute atomic E-state index is 13.6. The summed E-state index contributed by atoms with van der Waals surface area (Å²) in [5.41, 5.74) is 2.29. The smallest absolute Gasteiger partial charge is 0.264 e. The quantitative estimate of drug-likeness (QED) is 0.669. The van der Waals surface area contributed by atoms with Crippen molar-refractivity contribution < 1.29 is 17.9 Å². The van der Waals surface area contributed by atoms with Gasteiger partial charge in [-0.3, -0.25) is 9.10 Å². The highest BCUT2D eigenvalue weighted by molar-refractivity contribution is 7.92. The summed E-state index contributed by atoms with van der Waals surface area (Å²) in [6, 6.07) is 12.3. The lowest BCUT2D eigenvalue weighted by Crippen LogP contribution is -2.36. The van der Waals surface area contributed by atoms with Crippen LogP contribution in [0.2, 0.25) is 0 Å². The van der Waals surface area contributed by atoms with Crippen molar-refractivity contribution in [2.75, 3.05) is 22.9 Å². The number of ether oxygens (including phenoxy) is 1. The Morgan fingerprint density at radius 3 is 2.60 bits per heavy atom. The van der Waals surface area contributed by atoms with E-state index in [2.05, 4.69) is 0 Å². The van der Waals surface area contributed by atoms with Crippen LogP contribution < -0.4 is 13.9 Å². The summed E-state index contributed by atoms with van der Waals surface area (Å²) in [7, 11) is -2.24. The number of benzene rings is 2. The van der Waals surface area contributed by atoms with E-state index in [1.165, 1.54) is 11.4 Å². The van der Waals surface area contributed by atoms with E-state index in [0.717, 1.165) is 24.1 Å². The summed E-state index contributed by atoms with van der Waals surface area (Å²) < 4.78 is 34.0. The van der Waals surface area contributed by atoms with Gasteiger partial charge in [-0.15, -0.1) is 0 Å². The average Bonchev–Trinajstić information content (AvgIpc) is 3.53. The first-order chi connectivity index (χ1) is 14.4. The predicted molar refractivity (Wildman–Crippen MR) is 118 cm³/mol. The molecule has 1 saturated carbocycles. The lowest BCUT2D eigenvalue weighted by molar-refractivity contribution is -0.120. The second kappa shape index (κ2) is 7.95. The molecule has 1 fully saturated rings. The molecular weight excluding hydrogens is 400 g/mol. The van der Waals surface area contributed by atoms with Crippen LogP contribution in [0.5, 0.6) is 5.75 Å². The number of hydrogen-bond acceptors (Lipinski definition) is 4. The number of sulfonamides is 1. The highest BCUT2D eigenvalue weighted by atomic mass is 32.2. The second-order valence-electron chi connectivity index (χ2n) is 8.08. The Morgan fingerprint density at radius 1 is 1.20 bits per heavy atom. The molecular formula is C23H28N2O4S. The van der Waals surface area contributed by atoms with Crippen molar-refractivity contribution in [3.05, 3.63) is 48.0 Å². The Kier molecular flexibility index (Phi) is 5.49. The molecule has 7 heteroatoms. The van der Waals surface area contributed by atoms with Crippen LogP contribution >= 0.6 is 0 Å². The van der Waals surface area contributed by atoms with Gasteiger partial charge in [0.15, 0.2) is 0 Å². The van der Waals surface area contributed by atoms with Gasteiger partial charge in [-0.2, -0.15) is 0 Å². The van der Waals surface area contributed by atoms with E-state index in [9.17, 15) is 13.2 Å². The Morgan fingerprint density at radius 2 is 1.93 bits per heavy atom. The molecule has 1 heterocycles. The highest BCUT2D eigenvalue weighted by Gasteiger charge is 2.40. The molecule has 4 rings (SSSR count). The maximum Gasteiger partial charge on any atom is 0.264 e. The molecule has 2 aromatic carbocycles. The van der Waals surface area contributed by atoms with Crippen LogP contribution in [-0.4, -0.2) is 34.0 Å². The molecule has 0 saturated heterocycles. The van der Waals surface area contributed by atoms with Crippen molar-refractivity contribution in [1.82, 2.24) is 0 Å². The van der Waals surface area contributed by atoms with Gasteiger partial charge in [0, 0.05) is 24.2 Å². The van der Waals surface area contributed by atoms with Gasteiger partial charge in [0.1, 0.15) is 5.75 Å². The van der Waals surface area contributed by atoms with Crippen molar-refractivity contribution in [3.63, 3.8) is 0 Å². The molecule has 0 radical (unpaired) electrons. The van der Waals surface area contributed by atoms with Gasteiger partial charge in [0.2, 0.25) is 5.91 Å². The number of carbonyl (C=O) groups excluding carboxylic acids is 1. The lowest BCUT2D eigenvalue weighted by Gasteiger charge is -2.26. The standard InChI is InChI=1S/C23H28N2O4S/c1-4-13-24(21-7-5-6-8-22(21)29-3)30(27,28)19-11-12-20-18(15-19)14-16(2)25(20)23(26)17-9-10-17/h5-8,11-12,15-17H,4,9-10,13-14H2,1-3H3/t16-/m0/s1. The maximum atomic E-state index is 13.6. The number of carbonyl (C=O) groups is 1. The SMILES string of the molecule is CCCN(c1ccccc1OC)S(=O)(=O)c1ccc2c(c1)C[C@H](C)N2C(=O)C1CC1. The first kappa shape index (κ1) is 20.7. The van der Waals surface area contributed by atoms with E-state index in [4.69, 9.17) is 4.74 Å². The molecule has 1 atom stereocenters. The Balaban J connectivity index is 1.72. The molecule has 1 amide bonds. The van der Waals surface area contributed by atoms with Gasteiger partial charge < -0.3 is 9.64 Å². The zero-order valence-electron chi connectivity index (χ0n) is 17.7. The van der Waals surface area contributed by atoms with Gasteiger partial charge in [-0.1, -0.05) is 19.1 Å². The number of fused-ring (bicyclic) bond motifs is 1. The van der Waals surface area contributed by atoms with Gasteiger partial charge in [0.05, 0.1) is 17.7 Å². The van der Waals surface area contributed by atoms with E-state index >= 15 is 0 Å². The van der Waals surface area contributed by atoms with Crippen molar-refractivity contribution in [1.29, 1.82) is 0 Å². The number of nitrogens with zero attached hydrogens (tertiary/aromatic N) is 2. The van der Waals surface area contributed by atoms with E-state index in [0.29, 0.717) is 30.8 Å². The van der Waals surface area contributed by atoms with Crippen LogP contribution in [0.1, 0.15) is 38.7 Å². The van der Waals surface area contributed by atoms with Crippen LogP contribution in [0.3, 0.4) is 0 Å². The summed E-state index contributed by atoms with van der Waals surface area (Å²) in [5, 5.41) is 0. The summed E-state index contributed by atoms with van der Waals surface area (Å²) in [4.78, 5) is 14.8. The van der Waals surface area contributed by atoms with Crippen molar-refractivity contribution >= 4 is 27.3 Å². The van der Waals surface area contributed by atoms with Crippen LogP contribution in [0.15, 0.2) is 47.4 Å². The fraction of sp³-hybridized carbons (Fsp3) is 0.435. The summed E-state index contributed by atoms with van der Waals surface area (Å²) >= 11 is 0. The Labute approximate surface area is 178 Å². The third-order valence-electron chi connectivity index (χ3n) is 5.80. The molecule has 0 unspecified atom stereocenters. The van der Waals surface area contributed by atoms with E-state index < -0.39 is 10.0 Å². The van der Waals surface area contributed by atoms with Crippen LogP contribution in [0, 0.1) is 5.92 Å². The Hall–Kier alpha value is -2.54. The molecule has 0 aromatic heterocycles. The average molecular weight is 429 g/mol. The largest absolute Gasteiger partial charge is 0.495 e. The number of para-hydroxylation sites is 2. The van der Waals surface area contributed by atoms with Crippen molar-refractivity contribution in [3.8, 4) is 5.75 Å². The zero-order chi connectivity index (χ0) is 21.5. The van der Waals surface area contributed by atoms with Gasteiger partial charge >= 0.3 is 0 Å². The van der Waals surface area contributed by atoms with Gasteiger partial charge in [-0.05, 0) is 68.5 Å². The number of rotatable bonds is 7. The Bertz CT molecular complexity index is 1060. The first-order valence-corrected chi connectivity index (χ1v) is 11.9. The third kappa shape index (κ3) is 3.55. The monoisotopic (exact) mass is 428 g/mol. The minimum Gasteiger partial charge on any atom is -0.495 e. The minimum absolute atomic E-state index is 0.0482. The molecule has 1 aliphatic carbocycles. The van der Waals surface area contributed by atoms with Crippen molar-refractivity contribution in [2.45, 2.75) is 50.5 Å². The molecule has 0 spiro atoms. The van der Waals surface area contributed by atoms with Crippen LogP contribution in [0.4, 0.5) is 11.4 Å². The molecule has 30 heavy (non-hydrogen) atoms. The number of amides is 1. The topological polar surface area (TPSA) is 66.9 Å². The first-order valence-electron chi connectivity index (χ1n) is 10.5.